The van der Waals surface area contributed by atoms with Gasteiger partial charge in [0, 0.05) is 38.1 Å². The highest BCUT2D eigenvalue weighted by atomic mass is 32.2. The van der Waals surface area contributed by atoms with Crippen LogP contribution in [0.25, 0.3) is 0 Å². The number of nitrogens with two attached hydrogens (primary N) is 2. The van der Waals surface area contributed by atoms with Gasteiger partial charge in [0.25, 0.3) is 0 Å². The molecule has 1 aliphatic heterocycles. The van der Waals surface area contributed by atoms with E-state index in [1.165, 1.54) is 6.92 Å². The number of primary amides is 1. The van der Waals surface area contributed by atoms with E-state index in [1.807, 2.05) is 0 Å². The first-order valence-electron chi connectivity index (χ1n) is 20.0. The Labute approximate surface area is 355 Å². The van der Waals surface area contributed by atoms with Crippen molar-refractivity contribution in [3.05, 3.63) is 0 Å². The van der Waals surface area contributed by atoms with Gasteiger partial charge in [-0.05, 0) is 12.8 Å². The lowest BCUT2D eigenvalue weighted by Crippen LogP contribution is -2.54. The Morgan fingerprint density at radius 1 is 0.700 bits per heavy atom. The van der Waals surface area contributed by atoms with E-state index < -0.39 is 53.0 Å². The Morgan fingerprint density at radius 2 is 1.15 bits per heavy atom. The number of carboxylic acid groups (broad SMARTS) is 1. The third-order valence-corrected chi connectivity index (χ3v) is 9.58. The molecule has 1 fully saturated rings. The number of aliphatic carboxylic acids is 1. The van der Waals surface area contributed by atoms with Crippen LogP contribution < -0.4 is 27.4 Å². The van der Waals surface area contributed by atoms with Crippen LogP contribution in [-0.4, -0.2) is 199 Å². The molecule has 0 aromatic carbocycles. The Balaban J connectivity index is 1.83. The maximum atomic E-state index is 12.4. The molecule has 1 rings (SSSR count). The van der Waals surface area contributed by atoms with Gasteiger partial charge < -0.3 is 70.4 Å². The summed E-state index contributed by atoms with van der Waals surface area (Å²) in [5.41, 5.74) is 10.6. The fourth-order valence-electron chi connectivity index (χ4n) is 4.83. The normalized spacial score (nSPS) is 15.6. The van der Waals surface area contributed by atoms with Gasteiger partial charge in [0.1, 0.15) is 18.1 Å². The molecule has 1 aliphatic rings. The molecule has 4 atom stereocenters. The van der Waals surface area contributed by atoms with Crippen LogP contribution in [0.1, 0.15) is 40.0 Å². The number of rotatable bonds is 39. The number of carbonyl (C=O) groups excluding carboxylic acids is 6. The van der Waals surface area contributed by atoms with Gasteiger partial charge in [-0.2, -0.15) is 0 Å². The van der Waals surface area contributed by atoms with Crippen LogP contribution in [0, 0.1) is 5.92 Å². The number of carbonyl (C=O) groups is 7. The minimum atomic E-state index is -1.18. The average molecular weight is 883 g/mol. The monoisotopic (exact) mass is 882 g/mol. The molecule has 0 saturated carbocycles. The molecular weight excluding hydrogens is 816 g/mol. The Kier molecular flexibility index (Phi) is 31.0. The number of carboxylic acids is 1. The summed E-state index contributed by atoms with van der Waals surface area (Å²) in [6, 6.07) is -2.77. The molecule has 1 saturated heterocycles. The van der Waals surface area contributed by atoms with Gasteiger partial charge in [0.05, 0.1) is 111 Å². The molecule has 1 heterocycles. The Morgan fingerprint density at radius 3 is 1.58 bits per heavy atom. The van der Waals surface area contributed by atoms with Crippen molar-refractivity contribution in [3.63, 3.8) is 0 Å². The van der Waals surface area contributed by atoms with Gasteiger partial charge in [-0.3, -0.25) is 38.5 Å². The summed E-state index contributed by atoms with van der Waals surface area (Å²) in [5, 5.41) is 16.0. The van der Waals surface area contributed by atoms with E-state index in [1.54, 1.807) is 13.8 Å². The quantitative estimate of drug-likeness (QED) is 0.0273. The van der Waals surface area contributed by atoms with Crippen molar-refractivity contribution in [1.82, 2.24) is 20.9 Å². The lowest BCUT2D eigenvalue weighted by Gasteiger charge is -2.23. The van der Waals surface area contributed by atoms with Crippen molar-refractivity contribution < 1.29 is 76.6 Å². The lowest BCUT2D eigenvalue weighted by molar-refractivity contribution is -0.139. The SMILES string of the molecule is CC(NC(=O)C(NC(=O)CCOCCOCCOCCOCCOCCOCCOCCOCCNC(=O)CCN1C(=O)CC(SCC(N)C(=O)O)C1=O)C(C)C)C(N)=O. The van der Waals surface area contributed by atoms with Gasteiger partial charge >= 0.3 is 5.97 Å². The Hall–Kier alpha value is -3.52. The molecule has 0 radical (unpaired) electrons. The van der Waals surface area contributed by atoms with Crippen LogP contribution in [-0.2, 0) is 71.5 Å². The molecular formula is C37H66N6O16S. The topological polar surface area (TPSA) is 305 Å². The Bertz CT molecular complexity index is 1280. The minimum Gasteiger partial charge on any atom is -0.480 e. The summed E-state index contributed by atoms with van der Waals surface area (Å²) in [7, 11) is 0. The van der Waals surface area contributed by atoms with E-state index >= 15 is 0 Å². The maximum Gasteiger partial charge on any atom is 0.321 e. The van der Waals surface area contributed by atoms with E-state index in [4.69, 9.17) is 54.5 Å². The maximum absolute atomic E-state index is 12.4. The van der Waals surface area contributed by atoms with E-state index in [2.05, 4.69) is 16.0 Å². The fraction of sp³-hybridized carbons (Fsp3) is 0.811. The van der Waals surface area contributed by atoms with Crippen molar-refractivity contribution in [1.29, 1.82) is 0 Å². The van der Waals surface area contributed by atoms with Gasteiger partial charge in [-0.15, -0.1) is 11.8 Å². The zero-order valence-electron chi connectivity index (χ0n) is 35.0. The van der Waals surface area contributed by atoms with Crippen LogP contribution >= 0.6 is 11.8 Å². The van der Waals surface area contributed by atoms with E-state index in [9.17, 15) is 33.6 Å². The summed E-state index contributed by atoms with van der Waals surface area (Å²) in [4.78, 5) is 84.4. The van der Waals surface area contributed by atoms with E-state index in [-0.39, 0.29) is 69.1 Å². The average Bonchev–Trinajstić information content (AvgIpc) is 3.47. The minimum absolute atomic E-state index is 0.00503. The lowest BCUT2D eigenvalue weighted by atomic mass is 10.0. The molecule has 346 valence electrons. The smallest absolute Gasteiger partial charge is 0.321 e. The number of hydrogen-bond donors (Lipinski definition) is 6. The summed E-state index contributed by atoms with van der Waals surface area (Å²) in [6.45, 7) is 11.0. The molecule has 0 aromatic rings. The first-order chi connectivity index (χ1) is 28.7. The number of amides is 6. The van der Waals surface area contributed by atoms with Crippen molar-refractivity contribution in [2.75, 3.05) is 125 Å². The van der Waals surface area contributed by atoms with Crippen LogP contribution in [0.5, 0.6) is 0 Å². The second-order valence-corrected chi connectivity index (χ2v) is 14.8. The van der Waals surface area contributed by atoms with Gasteiger partial charge in [0.15, 0.2) is 0 Å². The first kappa shape index (κ1) is 54.5. The highest BCUT2D eigenvalue weighted by Gasteiger charge is 2.39. The standard InChI is InChI=1S/C37H66N6O16S/c1-26(2)33(35(48)41-27(3)34(39)47)42-31(45)5-8-52-10-12-54-14-16-56-18-20-58-22-23-59-21-19-57-17-15-55-13-11-53-9-6-40-30(44)4-7-43-32(46)24-29(36(43)49)60-25-28(38)37(50)51/h26-29,33H,4-25,38H2,1-3H3,(H2,39,47)(H,40,44)(H,41,48)(H,42,45)(H,50,51). The number of thioether (sulfide) groups is 1. The highest BCUT2D eigenvalue weighted by molar-refractivity contribution is 8.00. The summed E-state index contributed by atoms with van der Waals surface area (Å²) in [6.07, 6.45) is -0.0351. The summed E-state index contributed by atoms with van der Waals surface area (Å²) in [5.74, 6) is -4.03. The first-order valence-corrected chi connectivity index (χ1v) is 21.0. The molecule has 6 amide bonds. The zero-order chi connectivity index (χ0) is 44.5. The molecule has 8 N–H and O–H groups in total. The number of imide groups is 1. The molecule has 23 heteroatoms. The molecule has 4 unspecified atom stereocenters. The fourth-order valence-corrected chi connectivity index (χ4v) is 5.95. The molecule has 0 bridgehead atoms. The second kappa shape index (κ2) is 34.1. The van der Waals surface area contributed by atoms with E-state index in [0.717, 1.165) is 16.7 Å². The molecule has 0 aromatic heterocycles. The van der Waals surface area contributed by atoms with Crippen LogP contribution in [0.3, 0.4) is 0 Å². The number of likely N-dealkylation sites (tertiary alicyclic amines) is 1. The zero-order valence-corrected chi connectivity index (χ0v) is 35.8. The number of ether oxygens (including phenoxy) is 8. The third kappa shape index (κ3) is 26.6. The predicted octanol–water partition coefficient (Wildman–Crippen LogP) is -2.58. The molecule has 0 aliphatic carbocycles. The van der Waals surface area contributed by atoms with Crippen molar-refractivity contribution in [2.24, 2.45) is 17.4 Å². The van der Waals surface area contributed by atoms with Crippen molar-refractivity contribution in [2.45, 2.75) is 63.4 Å². The van der Waals surface area contributed by atoms with Crippen LogP contribution in [0.15, 0.2) is 0 Å². The van der Waals surface area contributed by atoms with Gasteiger partial charge in [-0.25, -0.2) is 0 Å². The highest BCUT2D eigenvalue weighted by Crippen LogP contribution is 2.25. The van der Waals surface area contributed by atoms with Gasteiger partial charge in [-0.1, -0.05) is 13.8 Å². The van der Waals surface area contributed by atoms with Crippen molar-refractivity contribution in [3.8, 4) is 0 Å². The second-order valence-electron chi connectivity index (χ2n) is 13.5. The number of hydrogen-bond acceptors (Lipinski definition) is 17. The van der Waals surface area contributed by atoms with Crippen molar-refractivity contribution >= 4 is 53.2 Å². The van der Waals surface area contributed by atoms with E-state index in [0.29, 0.717) is 92.5 Å². The largest absolute Gasteiger partial charge is 0.480 e. The number of nitrogens with one attached hydrogen (secondary N) is 3. The van der Waals surface area contributed by atoms with Crippen LogP contribution in [0.2, 0.25) is 0 Å². The summed E-state index contributed by atoms with van der Waals surface area (Å²) >= 11 is 1.03. The van der Waals surface area contributed by atoms with Crippen LogP contribution in [0.4, 0.5) is 0 Å². The molecule has 0 spiro atoms. The predicted molar refractivity (Wildman–Crippen MR) is 216 cm³/mol. The molecule has 22 nitrogen and oxygen atoms in total. The number of nitrogens with zero attached hydrogens (tertiary/aromatic N) is 1. The third-order valence-electron chi connectivity index (χ3n) is 8.26. The van der Waals surface area contributed by atoms with Gasteiger partial charge in [0.2, 0.25) is 35.4 Å². The molecule has 60 heavy (non-hydrogen) atoms. The summed E-state index contributed by atoms with van der Waals surface area (Å²) < 4.78 is 43.5.